The maximum absolute atomic E-state index is 11.3. The van der Waals surface area contributed by atoms with Gasteiger partial charge in [0.15, 0.2) is 0 Å². The van der Waals surface area contributed by atoms with Crippen molar-refractivity contribution >= 4 is 5.97 Å². The molecule has 1 aromatic rings. The van der Waals surface area contributed by atoms with E-state index in [0.29, 0.717) is 0 Å². The summed E-state index contributed by atoms with van der Waals surface area (Å²) >= 11 is 0. The van der Waals surface area contributed by atoms with E-state index in [1.807, 2.05) is 0 Å². The van der Waals surface area contributed by atoms with Gasteiger partial charge in [-0.2, -0.15) is 0 Å². The molecule has 0 aliphatic heterocycles. The van der Waals surface area contributed by atoms with Gasteiger partial charge < -0.3 is 19.0 Å². The van der Waals surface area contributed by atoms with Gasteiger partial charge in [0.1, 0.15) is 6.61 Å². The molecule has 0 amide bonds. The summed E-state index contributed by atoms with van der Waals surface area (Å²) in [7, 11) is 0. The van der Waals surface area contributed by atoms with Crippen LogP contribution >= 0.6 is 0 Å². The molecule has 5 nitrogen and oxygen atoms in total. The molecule has 5 heteroatoms. The lowest BCUT2D eigenvalue weighted by atomic mass is 10.3. The van der Waals surface area contributed by atoms with Crippen LogP contribution in [-0.2, 0) is 9.47 Å². The molecule has 15 heavy (non-hydrogen) atoms. The van der Waals surface area contributed by atoms with Gasteiger partial charge in [0.2, 0.25) is 5.76 Å². The Morgan fingerprint density at radius 2 is 2.27 bits per heavy atom. The first kappa shape index (κ1) is 11.7. The Hall–Kier alpha value is -1.33. The Kier molecular flexibility index (Phi) is 4.86. The second kappa shape index (κ2) is 6.21. The first-order chi connectivity index (χ1) is 7.25. The Morgan fingerprint density at radius 1 is 1.47 bits per heavy atom. The molecule has 0 fully saturated rings. The third-order valence-electron chi connectivity index (χ3n) is 1.74. The summed E-state index contributed by atoms with van der Waals surface area (Å²) in [5.74, 6) is -0.276. The summed E-state index contributed by atoms with van der Waals surface area (Å²) in [6.07, 6.45) is 1.44. The minimum Gasteiger partial charge on any atom is -0.457 e. The predicted octanol–water partition coefficient (Wildman–Crippen LogP) is 0.754. The normalized spacial score (nSPS) is 10.3. The lowest BCUT2D eigenvalue weighted by molar-refractivity contribution is 0.0232. The summed E-state index contributed by atoms with van der Waals surface area (Å²) in [5.41, 5.74) is 0.747. The maximum Gasteiger partial charge on any atom is 0.374 e. The van der Waals surface area contributed by atoms with Crippen LogP contribution in [0.3, 0.4) is 0 Å². The van der Waals surface area contributed by atoms with Gasteiger partial charge in [0.05, 0.1) is 26.1 Å². The number of carbonyl (C=O) groups excluding carboxylic acids is 1. The lowest BCUT2D eigenvalue weighted by Crippen LogP contribution is -2.12. The van der Waals surface area contributed by atoms with E-state index >= 15 is 0 Å². The van der Waals surface area contributed by atoms with Gasteiger partial charge in [-0.05, 0) is 13.0 Å². The number of aliphatic hydroxyl groups is 1. The highest BCUT2D eigenvalue weighted by atomic mass is 16.6. The van der Waals surface area contributed by atoms with Crippen LogP contribution in [0.15, 0.2) is 16.7 Å². The van der Waals surface area contributed by atoms with Crippen molar-refractivity contribution in [3.05, 3.63) is 23.7 Å². The SMILES string of the molecule is Cc1ccoc1C(=O)OCCOCCO. The van der Waals surface area contributed by atoms with E-state index in [0.717, 1.165) is 5.56 Å². The Morgan fingerprint density at radius 3 is 2.87 bits per heavy atom. The molecule has 1 N–H and O–H groups in total. The van der Waals surface area contributed by atoms with E-state index in [2.05, 4.69) is 0 Å². The third-order valence-corrected chi connectivity index (χ3v) is 1.74. The number of hydrogen-bond donors (Lipinski definition) is 1. The average molecular weight is 214 g/mol. The molecule has 0 aliphatic rings. The summed E-state index contributed by atoms with van der Waals surface area (Å²) in [4.78, 5) is 11.3. The molecule has 0 bridgehead atoms. The highest BCUT2D eigenvalue weighted by Gasteiger charge is 2.13. The molecular formula is C10H14O5. The molecule has 0 atom stereocenters. The number of ether oxygens (including phenoxy) is 2. The second-order valence-corrected chi connectivity index (χ2v) is 2.90. The number of aliphatic hydroxyl groups excluding tert-OH is 1. The largest absolute Gasteiger partial charge is 0.457 e. The monoisotopic (exact) mass is 214 g/mol. The zero-order valence-corrected chi connectivity index (χ0v) is 8.56. The molecule has 84 valence electrons. The Labute approximate surface area is 87.6 Å². The molecule has 0 saturated carbocycles. The standard InChI is InChI=1S/C10H14O5/c1-8-2-4-14-9(8)10(12)15-7-6-13-5-3-11/h2,4,11H,3,5-7H2,1H3. The smallest absolute Gasteiger partial charge is 0.374 e. The lowest BCUT2D eigenvalue weighted by Gasteiger charge is -2.03. The molecule has 0 aromatic carbocycles. The van der Waals surface area contributed by atoms with Crippen molar-refractivity contribution in [1.82, 2.24) is 0 Å². The zero-order chi connectivity index (χ0) is 11.1. The van der Waals surface area contributed by atoms with Crippen LogP contribution in [0.4, 0.5) is 0 Å². The maximum atomic E-state index is 11.3. The highest BCUT2D eigenvalue weighted by Crippen LogP contribution is 2.09. The van der Waals surface area contributed by atoms with Crippen LogP contribution in [0.5, 0.6) is 0 Å². The van der Waals surface area contributed by atoms with Crippen molar-refractivity contribution < 1.29 is 23.8 Å². The van der Waals surface area contributed by atoms with Gasteiger partial charge in [0.25, 0.3) is 0 Å². The van der Waals surface area contributed by atoms with Crippen LogP contribution in [0.1, 0.15) is 16.1 Å². The predicted molar refractivity (Wildman–Crippen MR) is 51.6 cm³/mol. The van der Waals surface area contributed by atoms with Crippen molar-refractivity contribution in [2.75, 3.05) is 26.4 Å². The minimum atomic E-state index is -0.495. The fourth-order valence-corrected chi connectivity index (χ4v) is 1.01. The van der Waals surface area contributed by atoms with Crippen LogP contribution in [-0.4, -0.2) is 37.5 Å². The molecule has 0 spiro atoms. The summed E-state index contributed by atoms with van der Waals surface area (Å²) in [6, 6.07) is 1.69. The number of esters is 1. The van der Waals surface area contributed by atoms with Crippen LogP contribution in [0.25, 0.3) is 0 Å². The number of hydrogen-bond acceptors (Lipinski definition) is 5. The summed E-state index contributed by atoms with van der Waals surface area (Å²) in [5, 5.41) is 8.41. The Bertz CT molecular complexity index is 305. The molecule has 0 unspecified atom stereocenters. The van der Waals surface area contributed by atoms with Gasteiger partial charge in [-0.15, -0.1) is 0 Å². The van der Waals surface area contributed by atoms with E-state index < -0.39 is 5.97 Å². The first-order valence-corrected chi connectivity index (χ1v) is 4.65. The average Bonchev–Trinajstić information content (AvgIpc) is 2.64. The van der Waals surface area contributed by atoms with Gasteiger partial charge in [-0.3, -0.25) is 0 Å². The van der Waals surface area contributed by atoms with Crippen molar-refractivity contribution in [1.29, 1.82) is 0 Å². The second-order valence-electron chi connectivity index (χ2n) is 2.90. The summed E-state index contributed by atoms with van der Waals surface area (Å²) in [6.45, 7) is 2.40. The highest BCUT2D eigenvalue weighted by molar-refractivity contribution is 5.87. The van der Waals surface area contributed by atoms with Gasteiger partial charge in [-0.1, -0.05) is 0 Å². The van der Waals surface area contributed by atoms with E-state index in [4.69, 9.17) is 19.0 Å². The Balaban J connectivity index is 2.22. The van der Waals surface area contributed by atoms with Gasteiger partial charge in [-0.25, -0.2) is 4.79 Å². The fraction of sp³-hybridized carbons (Fsp3) is 0.500. The topological polar surface area (TPSA) is 68.9 Å². The molecule has 1 heterocycles. The minimum absolute atomic E-state index is 0.0365. The molecule has 1 aromatic heterocycles. The van der Waals surface area contributed by atoms with Crippen LogP contribution in [0, 0.1) is 6.92 Å². The number of furan rings is 1. The number of carbonyl (C=O) groups is 1. The molecule has 0 saturated heterocycles. The quantitative estimate of drug-likeness (QED) is 0.559. The van der Waals surface area contributed by atoms with E-state index in [-0.39, 0.29) is 32.2 Å². The number of rotatable bonds is 6. The van der Waals surface area contributed by atoms with Crippen molar-refractivity contribution in [3.8, 4) is 0 Å². The first-order valence-electron chi connectivity index (χ1n) is 4.65. The van der Waals surface area contributed by atoms with Crippen molar-refractivity contribution in [2.24, 2.45) is 0 Å². The molecule has 0 aliphatic carbocycles. The number of aryl methyl sites for hydroxylation is 1. The van der Waals surface area contributed by atoms with E-state index in [9.17, 15) is 4.79 Å². The molecule has 0 radical (unpaired) electrons. The fourth-order valence-electron chi connectivity index (χ4n) is 1.01. The zero-order valence-electron chi connectivity index (χ0n) is 8.56. The van der Waals surface area contributed by atoms with Gasteiger partial charge in [0, 0.05) is 5.56 Å². The molecular weight excluding hydrogens is 200 g/mol. The van der Waals surface area contributed by atoms with E-state index in [1.54, 1.807) is 13.0 Å². The third kappa shape index (κ3) is 3.73. The molecule has 1 rings (SSSR count). The van der Waals surface area contributed by atoms with E-state index in [1.165, 1.54) is 6.26 Å². The summed E-state index contributed by atoms with van der Waals surface area (Å²) < 4.78 is 14.7. The van der Waals surface area contributed by atoms with Gasteiger partial charge >= 0.3 is 5.97 Å². The van der Waals surface area contributed by atoms with Crippen LogP contribution < -0.4 is 0 Å². The van der Waals surface area contributed by atoms with Crippen LogP contribution in [0.2, 0.25) is 0 Å². The van der Waals surface area contributed by atoms with Crippen molar-refractivity contribution in [2.45, 2.75) is 6.92 Å². The van der Waals surface area contributed by atoms with Crippen molar-refractivity contribution in [3.63, 3.8) is 0 Å².